The molecule has 0 saturated heterocycles. The third-order valence-electron chi connectivity index (χ3n) is 3.91. The zero-order valence-corrected chi connectivity index (χ0v) is 10.3. The predicted molar refractivity (Wildman–Crippen MR) is 64.8 cm³/mol. The van der Waals surface area contributed by atoms with E-state index in [-0.39, 0.29) is 17.4 Å². The van der Waals surface area contributed by atoms with Crippen molar-refractivity contribution in [2.45, 2.75) is 39.2 Å². The molecule has 1 fully saturated rings. The van der Waals surface area contributed by atoms with E-state index in [1.165, 1.54) is 0 Å². The van der Waals surface area contributed by atoms with E-state index in [1.807, 2.05) is 0 Å². The van der Waals surface area contributed by atoms with Crippen LogP contribution in [0.1, 0.15) is 49.6 Å². The third kappa shape index (κ3) is 2.28. The van der Waals surface area contributed by atoms with Crippen LogP contribution in [0.5, 0.6) is 0 Å². The topological polar surface area (TPSA) is 81.1 Å². The van der Waals surface area contributed by atoms with E-state index < -0.39 is 5.97 Å². The lowest BCUT2D eigenvalue weighted by Gasteiger charge is -2.32. The first-order chi connectivity index (χ1) is 7.99. The van der Waals surface area contributed by atoms with Crippen LogP contribution in [0.4, 0.5) is 5.69 Å². The number of carboxylic acid groups (broad SMARTS) is 1. The molecule has 3 N–H and O–H groups in total. The molecule has 5 heteroatoms. The number of nitrogen functional groups attached to an aromatic ring is 1. The van der Waals surface area contributed by atoms with Gasteiger partial charge >= 0.3 is 5.97 Å². The minimum atomic E-state index is -1.06. The Morgan fingerprint density at radius 2 is 2.18 bits per heavy atom. The number of anilines is 1. The van der Waals surface area contributed by atoms with Crippen molar-refractivity contribution in [1.29, 1.82) is 0 Å². The summed E-state index contributed by atoms with van der Waals surface area (Å²) in [5, 5.41) is 13.0. The van der Waals surface area contributed by atoms with Crippen molar-refractivity contribution in [2.75, 3.05) is 5.73 Å². The van der Waals surface area contributed by atoms with E-state index >= 15 is 0 Å². The Bertz CT molecular complexity index is 427. The average Bonchev–Trinajstić information content (AvgIpc) is 2.64. The molecule has 94 valence electrons. The van der Waals surface area contributed by atoms with E-state index in [9.17, 15) is 4.79 Å². The highest BCUT2D eigenvalue weighted by Crippen LogP contribution is 2.36. The summed E-state index contributed by atoms with van der Waals surface area (Å²) < 4.78 is 1.74. The molecule has 1 heterocycles. The van der Waals surface area contributed by atoms with Crippen molar-refractivity contribution in [1.82, 2.24) is 9.78 Å². The molecule has 17 heavy (non-hydrogen) atoms. The number of nitrogens with two attached hydrogens (primary N) is 1. The van der Waals surface area contributed by atoms with Crippen molar-refractivity contribution in [2.24, 2.45) is 11.8 Å². The fourth-order valence-electron chi connectivity index (χ4n) is 2.52. The SMILES string of the molecule is CC1CCC(n2cc(N)c(C(=O)O)n2)CC1C. The molecule has 1 saturated carbocycles. The number of aromatic carboxylic acids is 1. The maximum atomic E-state index is 10.9. The number of nitrogens with zero attached hydrogens (tertiary/aromatic N) is 2. The molecule has 0 aromatic carbocycles. The molecule has 2 rings (SSSR count). The van der Waals surface area contributed by atoms with Gasteiger partial charge in [-0.1, -0.05) is 13.8 Å². The fourth-order valence-corrected chi connectivity index (χ4v) is 2.52. The molecule has 1 aliphatic carbocycles. The van der Waals surface area contributed by atoms with Gasteiger partial charge in [0.1, 0.15) is 0 Å². The van der Waals surface area contributed by atoms with Crippen LogP contribution in [0.3, 0.4) is 0 Å². The second kappa shape index (κ2) is 4.39. The Balaban J connectivity index is 2.18. The van der Waals surface area contributed by atoms with Gasteiger partial charge in [-0.2, -0.15) is 5.10 Å². The zero-order chi connectivity index (χ0) is 12.6. The van der Waals surface area contributed by atoms with E-state index in [2.05, 4.69) is 18.9 Å². The molecule has 1 aromatic rings. The first kappa shape index (κ1) is 12.0. The summed E-state index contributed by atoms with van der Waals surface area (Å²) in [5.41, 5.74) is 5.87. The molecular formula is C12H19N3O2. The number of carbonyl (C=O) groups is 1. The van der Waals surface area contributed by atoms with E-state index in [1.54, 1.807) is 10.9 Å². The molecule has 1 aromatic heterocycles. The normalized spacial score (nSPS) is 29.2. The summed E-state index contributed by atoms with van der Waals surface area (Å²) in [6, 6.07) is 0.289. The Morgan fingerprint density at radius 1 is 1.47 bits per heavy atom. The summed E-state index contributed by atoms with van der Waals surface area (Å²) in [5.74, 6) is 0.323. The first-order valence-corrected chi connectivity index (χ1v) is 6.07. The summed E-state index contributed by atoms with van der Waals surface area (Å²) in [7, 11) is 0. The molecule has 3 atom stereocenters. The van der Waals surface area contributed by atoms with Gasteiger partial charge < -0.3 is 10.8 Å². The highest BCUT2D eigenvalue weighted by atomic mass is 16.4. The summed E-state index contributed by atoms with van der Waals surface area (Å²) in [6.45, 7) is 4.50. The van der Waals surface area contributed by atoms with Crippen LogP contribution in [0.25, 0.3) is 0 Å². The largest absolute Gasteiger partial charge is 0.476 e. The van der Waals surface area contributed by atoms with Crippen LogP contribution < -0.4 is 5.73 Å². The predicted octanol–water partition coefficient (Wildman–Crippen LogP) is 2.16. The van der Waals surface area contributed by atoms with Crippen LogP contribution >= 0.6 is 0 Å². The molecule has 1 aliphatic rings. The Hall–Kier alpha value is -1.52. The highest BCUT2D eigenvalue weighted by Gasteiger charge is 2.27. The molecular weight excluding hydrogens is 218 g/mol. The average molecular weight is 237 g/mol. The van der Waals surface area contributed by atoms with Crippen molar-refractivity contribution >= 4 is 11.7 Å². The zero-order valence-electron chi connectivity index (χ0n) is 10.3. The van der Waals surface area contributed by atoms with E-state index in [4.69, 9.17) is 10.8 Å². The standard InChI is InChI=1S/C12H19N3O2/c1-7-3-4-9(5-8(7)2)15-6-10(13)11(14-15)12(16)17/h6-9H,3-5,13H2,1-2H3,(H,16,17). The molecule has 3 unspecified atom stereocenters. The fraction of sp³-hybridized carbons (Fsp3) is 0.667. The molecule has 0 bridgehead atoms. The Kier molecular flexibility index (Phi) is 3.09. The summed E-state index contributed by atoms with van der Waals surface area (Å²) >= 11 is 0. The maximum absolute atomic E-state index is 10.9. The number of carboxylic acids is 1. The second-order valence-electron chi connectivity index (χ2n) is 5.14. The van der Waals surface area contributed by atoms with Gasteiger partial charge in [0.15, 0.2) is 5.69 Å². The van der Waals surface area contributed by atoms with Crippen molar-refractivity contribution in [3.63, 3.8) is 0 Å². The molecule has 0 aliphatic heterocycles. The van der Waals surface area contributed by atoms with Crippen molar-refractivity contribution in [3.8, 4) is 0 Å². The quantitative estimate of drug-likeness (QED) is 0.825. The van der Waals surface area contributed by atoms with E-state index in [0.29, 0.717) is 5.92 Å². The van der Waals surface area contributed by atoms with Crippen molar-refractivity contribution < 1.29 is 9.90 Å². The summed E-state index contributed by atoms with van der Waals surface area (Å²) in [4.78, 5) is 10.9. The lowest BCUT2D eigenvalue weighted by molar-refractivity contribution is 0.0689. The number of aromatic nitrogens is 2. The smallest absolute Gasteiger partial charge is 0.358 e. The molecule has 0 amide bonds. The third-order valence-corrected chi connectivity index (χ3v) is 3.91. The van der Waals surface area contributed by atoms with Crippen LogP contribution in [0.15, 0.2) is 6.20 Å². The van der Waals surface area contributed by atoms with Gasteiger partial charge in [0.2, 0.25) is 0 Å². The van der Waals surface area contributed by atoms with E-state index in [0.717, 1.165) is 25.2 Å². The molecule has 5 nitrogen and oxygen atoms in total. The van der Waals surface area contributed by atoms with Crippen LogP contribution in [-0.4, -0.2) is 20.9 Å². The van der Waals surface area contributed by atoms with Gasteiger partial charge in [0.25, 0.3) is 0 Å². The Labute approximate surface area is 101 Å². The Morgan fingerprint density at radius 3 is 2.71 bits per heavy atom. The lowest BCUT2D eigenvalue weighted by Crippen LogP contribution is -2.23. The van der Waals surface area contributed by atoms with Gasteiger partial charge in [-0.15, -0.1) is 0 Å². The van der Waals surface area contributed by atoms with Crippen molar-refractivity contribution in [3.05, 3.63) is 11.9 Å². The monoisotopic (exact) mass is 237 g/mol. The van der Waals surface area contributed by atoms with Gasteiger partial charge in [-0.05, 0) is 31.1 Å². The minimum absolute atomic E-state index is 0.0312. The van der Waals surface area contributed by atoms with Gasteiger partial charge in [-0.3, -0.25) is 4.68 Å². The summed E-state index contributed by atoms with van der Waals surface area (Å²) in [6.07, 6.45) is 4.90. The molecule has 0 spiro atoms. The first-order valence-electron chi connectivity index (χ1n) is 6.07. The number of hydrogen-bond acceptors (Lipinski definition) is 3. The van der Waals surface area contributed by atoms with Gasteiger partial charge in [0.05, 0.1) is 11.7 Å². The van der Waals surface area contributed by atoms with Crippen LogP contribution in [0, 0.1) is 11.8 Å². The highest BCUT2D eigenvalue weighted by molar-refractivity contribution is 5.91. The molecule has 0 radical (unpaired) electrons. The lowest BCUT2D eigenvalue weighted by atomic mass is 9.79. The number of rotatable bonds is 2. The maximum Gasteiger partial charge on any atom is 0.358 e. The minimum Gasteiger partial charge on any atom is -0.476 e. The van der Waals surface area contributed by atoms with Crippen LogP contribution in [-0.2, 0) is 0 Å². The number of hydrogen-bond donors (Lipinski definition) is 2. The van der Waals surface area contributed by atoms with Crippen LogP contribution in [0.2, 0.25) is 0 Å². The van der Waals surface area contributed by atoms with Gasteiger partial charge in [-0.25, -0.2) is 4.79 Å². The second-order valence-corrected chi connectivity index (χ2v) is 5.14. The van der Waals surface area contributed by atoms with Gasteiger partial charge in [0, 0.05) is 6.20 Å².